The molecule has 0 aliphatic carbocycles. The van der Waals surface area contributed by atoms with Crippen LogP contribution in [0.4, 0.5) is 13.6 Å². The number of carbonyl (C=O) groups excluding carboxylic acids is 1. The van der Waals surface area contributed by atoms with Gasteiger partial charge in [-0.1, -0.05) is 18.2 Å². The molecule has 148 valence electrons. The third-order valence-corrected chi connectivity index (χ3v) is 5.39. The number of halogens is 2. The molecule has 2 aromatic carbocycles. The number of fused-ring (bicyclic) bond motifs is 1. The molecule has 5 nitrogen and oxygen atoms in total. The fraction of sp³-hybridized carbons (Fsp3) is 0.381. The SMILES string of the molecule is COc1ccc(CCN2C(=O)O[C@@H]3CN(Cc4ccc(F)c(F)c4)C[C@@H]32)cc1. The first-order valence-electron chi connectivity index (χ1n) is 9.30. The maximum atomic E-state index is 13.4. The summed E-state index contributed by atoms with van der Waals surface area (Å²) in [5.74, 6) is -0.891. The van der Waals surface area contributed by atoms with E-state index < -0.39 is 11.6 Å². The van der Waals surface area contributed by atoms with Gasteiger partial charge in [-0.25, -0.2) is 13.6 Å². The summed E-state index contributed by atoms with van der Waals surface area (Å²) >= 11 is 0. The topological polar surface area (TPSA) is 42.0 Å². The number of nitrogens with zero attached hydrogens (tertiary/aromatic N) is 2. The van der Waals surface area contributed by atoms with Crippen LogP contribution in [0.5, 0.6) is 5.75 Å². The van der Waals surface area contributed by atoms with Crippen LogP contribution in [0.25, 0.3) is 0 Å². The van der Waals surface area contributed by atoms with Crippen LogP contribution in [-0.2, 0) is 17.7 Å². The first-order chi connectivity index (χ1) is 13.5. The smallest absolute Gasteiger partial charge is 0.410 e. The molecule has 2 fully saturated rings. The predicted molar refractivity (Wildman–Crippen MR) is 99.1 cm³/mol. The normalized spacial score (nSPS) is 21.7. The summed E-state index contributed by atoms with van der Waals surface area (Å²) in [6, 6.07) is 11.7. The largest absolute Gasteiger partial charge is 0.497 e. The zero-order chi connectivity index (χ0) is 19.7. The zero-order valence-corrected chi connectivity index (χ0v) is 15.6. The Morgan fingerprint density at radius 1 is 1.07 bits per heavy atom. The minimum Gasteiger partial charge on any atom is -0.497 e. The highest BCUT2D eigenvalue weighted by atomic mass is 19.2. The highest BCUT2D eigenvalue weighted by Crippen LogP contribution is 2.28. The molecule has 28 heavy (non-hydrogen) atoms. The lowest BCUT2D eigenvalue weighted by molar-refractivity contribution is 0.120. The van der Waals surface area contributed by atoms with Crippen molar-refractivity contribution in [1.82, 2.24) is 9.80 Å². The van der Waals surface area contributed by atoms with Crippen LogP contribution < -0.4 is 4.74 Å². The molecule has 2 heterocycles. The fourth-order valence-corrected chi connectivity index (χ4v) is 3.90. The minimum absolute atomic E-state index is 0.0176. The van der Waals surface area contributed by atoms with Gasteiger partial charge in [0.1, 0.15) is 11.9 Å². The maximum Gasteiger partial charge on any atom is 0.410 e. The number of rotatable bonds is 6. The average Bonchev–Trinajstić information content (AvgIpc) is 3.19. The van der Waals surface area contributed by atoms with Crippen LogP contribution in [0.3, 0.4) is 0 Å². The molecule has 0 aromatic heterocycles. The number of amides is 1. The van der Waals surface area contributed by atoms with Gasteiger partial charge in [-0.05, 0) is 41.8 Å². The van der Waals surface area contributed by atoms with Gasteiger partial charge >= 0.3 is 6.09 Å². The third kappa shape index (κ3) is 3.80. The van der Waals surface area contributed by atoms with E-state index in [4.69, 9.17) is 9.47 Å². The van der Waals surface area contributed by atoms with Crippen molar-refractivity contribution in [2.24, 2.45) is 0 Å². The highest BCUT2D eigenvalue weighted by molar-refractivity contribution is 5.71. The molecule has 0 spiro atoms. The van der Waals surface area contributed by atoms with Gasteiger partial charge in [0.2, 0.25) is 0 Å². The van der Waals surface area contributed by atoms with Gasteiger partial charge in [-0.3, -0.25) is 9.80 Å². The summed E-state index contributed by atoms with van der Waals surface area (Å²) in [4.78, 5) is 16.1. The first kappa shape index (κ1) is 18.7. The Kier molecular flexibility index (Phi) is 5.17. The summed E-state index contributed by atoms with van der Waals surface area (Å²) in [7, 11) is 1.63. The van der Waals surface area contributed by atoms with Crippen molar-refractivity contribution in [1.29, 1.82) is 0 Å². The van der Waals surface area contributed by atoms with Gasteiger partial charge in [-0.15, -0.1) is 0 Å². The van der Waals surface area contributed by atoms with Gasteiger partial charge in [-0.2, -0.15) is 0 Å². The molecule has 1 amide bonds. The van der Waals surface area contributed by atoms with Crippen molar-refractivity contribution in [2.75, 3.05) is 26.7 Å². The molecule has 2 atom stereocenters. The van der Waals surface area contributed by atoms with E-state index in [1.54, 1.807) is 18.1 Å². The minimum atomic E-state index is -0.847. The molecule has 0 radical (unpaired) electrons. The standard InChI is InChI=1S/C21H22F2N2O3/c1-27-16-5-2-14(3-6-16)8-9-25-19-12-24(13-20(19)28-21(25)26)11-15-4-7-17(22)18(23)10-15/h2-7,10,19-20H,8-9,11-13H2,1H3/t19-,20+/m0/s1. The van der Waals surface area contributed by atoms with Crippen LogP contribution in [0.1, 0.15) is 11.1 Å². The molecule has 2 aromatic rings. The van der Waals surface area contributed by atoms with E-state index >= 15 is 0 Å². The number of hydrogen-bond acceptors (Lipinski definition) is 4. The number of hydrogen-bond donors (Lipinski definition) is 0. The zero-order valence-electron chi connectivity index (χ0n) is 15.6. The van der Waals surface area contributed by atoms with Crippen molar-refractivity contribution in [3.63, 3.8) is 0 Å². The van der Waals surface area contributed by atoms with Gasteiger partial charge in [0.25, 0.3) is 0 Å². The molecule has 2 saturated heterocycles. The van der Waals surface area contributed by atoms with Crippen LogP contribution in [0.15, 0.2) is 42.5 Å². The second-order valence-corrected chi connectivity index (χ2v) is 7.22. The molecule has 2 aliphatic heterocycles. The predicted octanol–water partition coefficient (Wildman–Crippen LogP) is 3.22. The molecule has 0 unspecified atom stereocenters. The van der Waals surface area contributed by atoms with E-state index in [1.807, 2.05) is 24.3 Å². The highest BCUT2D eigenvalue weighted by Gasteiger charge is 2.47. The fourth-order valence-electron chi connectivity index (χ4n) is 3.90. The van der Waals surface area contributed by atoms with E-state index in [0.717, 1.165) is 23.8 Å². The number of methoxy groups -OCH3 is 1. The summed E-state index contributed by atoms with van der Waals surface area (Å²) in [6.07, 6.45) is 0.260. The molecule has 2 aliphatic rings. The van der Waals surface area contributed by atoms with E-state index in [9.17, 15) is 13.6 Å². The first-order valence-corrected chi connectivity index (χ1v) is 9.30. The lowest BCUT2D eigenvalue weighted by Gasteiger charge is -2.22. The lowest BCUT2D eigenvalue weighted by Crippen LogP contribution is -2.39. The van der Waals surface area contributed by atoms with Crippen molar-refractivity contribution < 1.29 is 23.0 Å². The Labute approximate surface area is 162 Å². The molecule has 4 rings (SSSR count). The van der Waals surface area contributed by atoms with Gasteiger partial charge in [0.05, 0.1) is 13.2 Å². The van der Waals surface area contributed by atoms with E-state index in [-0.39, 0.29) is 18.2 Å². The molecule has 0 N–H and O–H groups in total. The van der Waals surface area contributed by atoms with Crippen molar-refractivity contribution in [3.05, 3.63) is 65.2 Å². The van der Waals surface area contributed by atoms with Crippen LogP contribution in [-0.4, -0.2) is 54.8 Å². The second kappa shape index (κ2) is 7.75. The molecular formula is C21H22F2N2O3. The van der Waals surface area contributed by atoms with Gasteiger partial charge in [0, 0.05) is 26.2 Å². The molecule has 0 saturated carbocycles. The lowest BCUT2D eigenvalue weighted by atomic mass is 10.1. The molecular weight excluding hydrogens is 366 g/mol. The van der Waals surface area contributed by atoms with Crippen LogP contribution >= 0.6 is 0 Å². The Hall–Kier alpha value is -2.67. The molecule has 7 heteroatoms. The summed E-state index contributed by atoms with van der Waals surface area (Å²) in [5, 5.41) is 0. The van der Waals surface area contributed by atoms with Gasteiger partial charge < -0.3 is 9.47 Å². The van der Waals surface area contributed by atoms with Crippen LogP contribution in [0, 0.1) is 11.6 Å². The second-order valence-electron chi connectivity index (χ2n) is 7.22. The number of carbonyl (C=O) groups is 1. The quantitative estimate of drug-likeness (QED) is 0.762. The Bertz CT molecular complexity index is 859. The van der Waals surface area contributed by atoms with Gasteiger partial charge in [0.15, 0.2) is 11.6 Å². The maximum absolute atomic E-state index is 13.4. The molecule has 0 bridgehead atoms. The number of likely N-dealkylation sites (tertiary alicyclic amines) is 1. The summed E-state index contributed by atoms with van der Waals surface area (Å²) in [6.45, 7) is 2.31. The summed E-state index contributed by atoms with van der Waals surface area (Å²) < 4.78 is 37.2. The van der Waals surface area contributed by atoms with Crippen molar-refractivity contribution >= 4 is 6.09 Å². The Morgan fingerprint density at radius 2 is 1.82 bits per heavy atom. The third-order valence-electron chi connectivity index (χ3n) is 5.39. The van der Waals surface area contributed by atoms with E-state index in [1.165, 1.54) is 6.07 Å². The Morgan fingerprint density at radius 3 is 2.54 bits per heavy atom. The van der Waals surface area contributed by atoms with Crippen LogP contribution in [0.2, 0.25) is 0 Å². The van der Waals surface area contributed by atoms with E-state index in [0.29, 0.717) is 31.7 Å². The van der Waals surface area contributed by atoms with E-state index in [2.05, 4.69) is 4.90 Å². The van der Waals surface area contributed by atoms with Crippen molar-refractivity contribution in [2.45, 2.75) is 25.1 Å². The number of ether oxygens (including phenoxy) is 2. The number of benzene rings is 2. The Balaban J connectivity index is 1.36. The van der Waals surface area contributed by atoms with Crippen molar-refractivity contribution in [3.8, 4) is 5.75 Å². The monoisotopic (exact) mass is 388 g/mol. The summed E-state index contributed by atoms with van der Waals surface area (Å²) in [5.41, 5.74) is 1.82. The average molecular weight is 388 g/mol.